The van der Waals surface area contributed by atoms with E-state index in [0.717, 1.165) is 31.6 Å². The first-order valence-electron chi connectivity index (χ1n) is 7.82. The van der Waals surface area contributed by atoms with E-state index in [1.807, 2.05) is 49.9 Å². The van der Waals surface area contributed by atoms with Crippen molar-refractivity contribution in [1.82, 2.24) is 4.90 Å². The second kappa shape index (κ2) is 6.94. The third-order valence-corrected chi connectivity index (χ3v) is 3.87. The molecular weight excluding hydrogens is 264 g/mol. The van der Waals surface area contributed by atoms with Gasteiger partial charge in [0.25, 0.3) is 5.91 Å². The molecule has 1 amide bonds. The van der Waals surface area contributed by atoms with Crippen molar-refractivity contribution in [3.63, 3.8) is 0 Å². The molecule has 1 heterocycles. The smallest absolute Gasteiger partial charge is 0.254 e. The average molecular weight is 290 g/mol. The Morgan fingerprint density at radius 2 is 2.10 bits per heavy atom. The minimum atomic E-state index is 0.00402. The Kier molecular flexibility index (Phi) is 5.23. The highest BCUT2D eigenvalue weighted by atomic mass is 16.5. The molecule has 0 bridgehead atoms. The van der Waals surface area contributed by atoms with Gasteiger partial charge in [-0.2, -0.15) is 0 Å². The van der Waals surface area contributed by atoms with Crippen molar-refractivity contribution in [2.75, 3.05) is 6.54 Å². The van der Waals surface area contributed by atoms with E-state index in [2.05, 4.69) is 0 Å². The normalized spacial score (nSPS) is 20.4. The summed E-state index contributed by atoms with van der Waals surface area (Å²) in [6, 6.07) is 7.58. The number of amides is 1. The van der Waals surface area contributed by atoms with Crippen molar-refractivity contribution in [3.05, 3.63) is 29.8 Å². The lowest BCUT2D eigenvalue weighted by atomic mass is 9.96. The number of piperidine rings is 1. The largest absolute Gasteiger partial charge is 0.491 e. The lowest BCUT2D eigenvalue weighted by molar-refractivity contribution is 0.0583. The monoisotopic (exact) mass is 290 g/mol. The molecule has 0 saturated carbocycles. The van der Waals surface area contributed by atoms with Gasteiger partial charge in [0, 0.05) is 24.2 Å². The molecule has 2 unspecified atom stereocenters. The molecule has 116 valence electrons. The van der Waals surface area contributed by atoms with Crippen LogP contribution in [0.1, 0.15) is 50.4 Å². The summed E-state index contributed by atoms with van der Waals surface area (Å²) < 4.78 is 5.67. The van der Waals surface area contributed by atoms with Crippen LogP contribution in [0.3, 0.4) is 0 Å². The molecule has 0 aromatic heterocycles. The fourth-order valence-electron chi connectivity index (χ4n) is 2.90. The van der Waals surface area contributed by atoms with E-state index >= 15 is 0 Å². The van der Waals surface area contributed by atoms with E-state index in [4.69, 9.17) is 10.5 Å². The highest BCUT2D eigenvalue weighted by molar-refractivity contribution is 5.95. The number of hydrogen-bond donors (Lipinski definition) is 1. The second-order valence-electron chi connectivity index (χ2n) is 6.12. The van der Waals surface area contributed by atoms with Crippen molar-refractivity contribution in [2.45, 2.75) is 58.2 Å². The van der Waals surface area contributed by atoms with E-state index in [0.29, 0.717) is 5.56 Å². The van der Waals surface area contributed by atoms with Crippen LogP contribution in [0.2, 0.25) is 0 Å². The first kappa shape index (κ1) is 15.8. The summed E-state index contributed by atoms with van der Waals surface area (Å²) in [5, 5.41) is 0. The zero-order valence-electron chi connectivity index (χ0n) is 13.2. The lowest BCUT2D eigenvalue weighted by Gasteiger charge is -2.38. The van der Waals surface area contributed by atoms with Gasteiger partial charge in [0.15, 0.2) is 0 Å². The van der Waals surface area contributed by atoms with Crippen LogP contribution in [0, 0.1) is 0 Å². The Labute approximate surface area is 127 Å². The van der Waals surface area contributed by atoms with Crippen LogP contribution in [-0.2, 0) is 0 Å². The van der Waals surface area contributed by atoms with Crippen LogP contribution in [0.4, 0.5) is 0 Å². The van der Waals surface area contributed by atoms with Crippen molar-refractivity contribution >= 4 is 5.91 Å². The topological polar surface area (TPSA) is 55.6 Å². The standard InChI is InChI=1S/C17H26N2O2/c1-12(2)21-15-8-6-7-14(11-15)17(20)19-10-5-4-9-16(19)13(3)18/h6-8,11-13,16H,4-5,9-10,18H2,1-3H3. The minimum Gasteiger partial charge on any atom is -0.491 e. The molecule has 1 aromatic rings. The molecule has 21 heavy (non-hydrogen) atoms. The summed E-state index contributed by atoms with van der Waals surface area (Å²) in [5.41, 5.74) is 6.73. The fourth-order valence-corrected chi connectivity index (χ4v) is 2.90. The van der Waals surface area contributed by atoms with Gasteiger partial charge in [0.1, 0.15) is 5.75 Å². The summed E-state index contributed by atoms with van der Waals surface area (Å²) in [6.45, 7) is 6.73. The summed E-state index contributed by atoms with van der Waals surface area (Å²) in [6.07, 6.45) is 3.29. The third-order valence-electron chi connectivity index (χ3n) is 3.87. The van der Waals surface area contributed by atoms with E-state index < -0.39 is 0 Å². The number of carbonyl (C=O) groups excluding carboxylic acids is 1. The van der Waals surface area contributed by atoms with Gasteiger partial charge in [-0.3, -0.25) is 4.79 Å². The molecule has 1 aromatic carbocycles. The van der Waals surface area contributed by atoms with Crippen molar-refractivity contribution in [2.24, 2.45) is 5.73 Å². The average Bonchev–Trinajstić information content (AvgIpc) is 2.46. The second-order valence-corrected chi connectivity index (χ2v) is 6.12. The Morgan fingerprint density at radius 1 is 1.33 bits per heavy atom. The maximum Gasteiger partial charge on any atom is 0.254 e. The van der Waals surface area contributed by atoms with E-state index in [1.165, 1.54) is 0 Å². The maximum absolute atomic E-state index is 12.8. The predicted octanol–water partition coefficient (Wildman–Crippen LogP) is 2.82. The minimum absolute atomic E-state index is 0.00402. The SMILES string of the molecule is CC(C)Oc1cccc(C(=O)N2CCCCC2C(C)N)c1. The molecule has 1 saturated heterocycles. The quantitative estimate of drug-likeness (QED) is 0.927. The van der Waals surface area contributed by atoms with Crippen LogP contribution in [0.15, 0.2) is 24.3 Å². The molecule has 1 aliphatic rings. The number of nitrogens with zero attached hydrogens (tertiary/aromatic N) is 1. The Hall–Kier alpha value is -1.55. The van der Waals surface area contributed by atoms with E-state index in [1.54, 1.807) is 0 Å². The van der Waals surface area contributed by atoms with Crippen molar-refractivity contribution < 1.29 is 9.53 Å². The highest BCUT2D eigenvalue weighted by Gasteiger charge is 2.29. The van der Waals surface area contributed by atoms with Crippen molar-refractivity contribution in [1.29, 1.82) is 0 Å². The van der Waals surface area contributed by atoms with Gasteiger partial charge in [-0.25, -0.2) is 0 Å². The van der Waals surface area contributed by atoms with Gasteiger partial charge in [0.2, 0.25) is 0 Å². The number of rotatable bonds is 4. The number of likely N-dealkylation sites (tertiary alicyclic amines) is 1. The van der Waals surface area contributed by atoms with E-state index in [9.17, 15) is 4.79 Å². The molecule has 0 radical (unpaired) electrons. The van der Waals surface area contributed by atoms with Crippen LogP contribution in [-0.4, -0.2) is 35.5 Å². The van der Waals surface area contributed by atoms with Gasteiger partial charge in [-0.1, -0.05) is 6.07 Å². The molecule has 1 aliphatic heterocycles. The molecule has 2 atom stereocenters. The summed E-state index contributed by atoms with van der Waals surface area (Å²) in [7, 11) is 0. The van der Waals surface area contributed by atoms with E-state index in [-0.39, 0.29) is 24.1 Å². The maximum atomic E-state index is 12.8. The fraction of sp³-hybridized carbons (Fsp3) is 0.588. The van der Waals surface area contributed by atoms with Gasteiger partial charge in [0.05, 0.1) is 6.10 Å². The first-order valence-corrected chi connectivity index (χ1v) is 7.82. The van der Waals surface area contributed by atoms with Gasteiger partial charge < -0.3 is 15.4 Å². The highest BCUT2D eigenvalue weighted by Crippen LogP contribution is 2.23. The number of nitrogens with two attached hydrogens (primary N) is 1. The molecule has 2 N–H and O–H groups in total. The summed E-state index contributed by atoms with van der Waals surface area (Å²) >= 11 is 0. The van der Waals surface area contributed by atoms with Crippen LogP contribution >= 0.6 is 0 Å². The summed E-state index contributed by atoms with van der Waals surface area (Å²) in [4.78, 5) is 14.7. The Bertz CT molecular complexity index is 485. The molecule has 2 rings (SSSR count). The summed E-state index contributed by atoms with van der Waals surface area (Å²) in [5.74, 6) is 0.802. The molecule has 4 heteroatoms. The van der Waals surface area contributed by atoms with Crippen LogP contribution < -0.4 is 10.5 Å². The van der Waals surface area contributed by atoms with Crippen LogP contribution in [0.5, 0.6) is 5.75 Å². The van der Waals surface area contributed by atoms with Gasteiger partial charge in [-0.15, -0.1) is 0 Å². The Balaban J connectivity index is 2.18. The van der Waals surface area contributed by atoms with Gasteiger partial charge >= 0.3 is 0 Å². The zero-order chi connectivity index (χ0) is 15.4. The zero-order valence-corrected chi connectivity index (χ0v) is 13.2. The molecular formula is C17H26N2O2. The number of carbonyl (C=O) groups is 1. The predicted molar refractivity (Wildman–Crippen MR) is 84.5 cm³/mol. The number of hydrogen-bond acceptors (Lipinski definition) is 3. The lowest BCUT2D eigenvalue weighted by Crippen LogP contribution is -2.51. The van der Waals surface area contributed by atoms with Gasteiger partial charge in [-0.05, 0) is 58.2 Å². The molecule has 4 nitrogen and oxygen atoms in total. The van der Waals surface area contributed by atoms with Crippen LogP contribution in [0.25, 0.3) is 0 Å². The molecule has 0 spiro atoms. The Morgan fingerprint density at radius 3 is 2.76 bits per heavy atom. The molecule has 1 fully saturated rings. The number of ether oxygens (including phenoxy) is 1. The number of benzene rings is 1. The third kappa shape index (κ3) is 3.97. The molecule has 0 aliphatic carbocycles. The van der Waals surface area contributed by atoms with Crippen molar-refractivity contribution in [3.8, 4) is 5.75 Å². The first-order chi connectivity index (χ1) is 9.99.